The van der Waals surface area contributed by atoms with Gasteiger partial charge in [-0.1, -0.05) is 0 Å². The van der Waals surface area contributed by atoms with Gasteiger partial charge in [-0.25, -0.2) is 4.79 Å². The average Bonchev–Trinajstić information content (AvgIpc) is 2.76. The van der Waals surface area contributed by atoms with Gasteiger partial charge in [0.25, 0.3) is 5.56 Å². The number of aliphatic hydroxyl groups excluding tert-OH is 1. The highest BCUT2D eigenvalue weighted by Gasteiger charge is 2.14. The predicted molar refractivity (Wildman–Crippen MR) is 76.0 cm³/mol. The van der Waals surface area contributed by atoms with E-state index < -0.39 is 17.4 Å². The molecule has 0 bridgehead atoms. The number of nitrogens with one attached hydrogen (secondary N) is 2. The van der Waals surface area contributed by atoms with Crippen molar-refractivity contribution in [3.63, 3.8) is 0 Å². The van der Waals surface area contributed by atoms with E-state index in [1.165, 1.54) is 11.6 Å². The Bertz CT molecular complexity index is 740. The smallest absolute Gasteiger partial charge is 0.332 e. The van der Waals surface area contributed by atoms with Crippen LogP contribution in [-0.4, -0.2) is 36.4 Å². The summed E-state index contributed by atoms with van der Waals surface area (Å²) in [6, 6.07) is -0.0172. The number of aromatic nitrogens is 4. The minimum atomic E-state index is -0.431. The van der Waals surface area contributed by atoms with E-state index in [0.717, 1.165) is 4.57 Å². The Morgan fingerprint density at radius 2 is 1.95 bits per heavy atom. The van der Waals surface area contributed by atoms with Gasteiger partial charge in [-0.05, 0) is 20.3 Å². The molecule has 2 aromatic rings. The highest BCUT2D eigenvalue weighted by molar-refractivity contribution is 5.72. The largest absolute Gasteiger partial charge is 0.393 e. The molecule has 2 aromatic heterocycles. The Balaban J connectivity index is 2.45. The van der Waals surface area contributed by atoms with Gasteiger partial charge in [0.2, 0.25) is 5.95 Å². The lowest BCUT2D eigenvalue weighted by Crippen LogP contribution is -2.36. The topological polar surface area (TPSA) is 105 Å². The van der Waals surface area contributed by atoms with Crippen molar-refractivity contribution < 1.29 is 5.11 Å². The van der Waals surface area contributed by atoms with Crippen molar-refractivity contribution >= 4 is 17.1 Å². The van der Waals surface area contributed by atoms with Crippen LogP contribution in [0.3, 0.4) is 0 Å². The van der Waals surface area contributed by atoms with Crippen LogP contribution in [0.1, 0.15) is 20.3 Å². The van der Waals surface area contributed by atoms with E-state index in [0.29, 0.717) is 18.0 Å². The Morgan fingerprint density at radius 1 is 1.30 bits per heavy atom. The second kappa shape index (κ2) is 5.12. The van der Waals surface area contributed by atoms with E-state index in [-0.39, 0.29) is 11.6 Å². The van der Waals surface area contributed by atoms with Crippen LogP contribution in [0.4, 0.5) is 5.95 Å². The standard InChI is InChI=1S/C12H19N5O3/c1-6(5-7(2)18)13-11-14-8-9(15-11)16(3)12(20)17(4)10(8)19/h6-7,18H,5H2,1-4H3,(H2,13,14,15). The van der Waals surface area contributed by atoms with Crippen molar-refractivity contribution in [2.75, 3.05) is 5.32 Å². The number of aryl methyl sites for hydroxylation is 1. The first kappa shape index (κ1) is 14.3. The maximum Gasteiger partial charge on any atom is 0.332 e. The fourth-order valence-corrected chi connectivity index (χ4v) is 2.20. The molecular weight excluding hydrogens is 262 g/mol. The lowest BCUT2D eigenvalue weighted by atomic mass is 10.2. The van der Waals surface area contributed by atoms with Crippen molar-refractivity contribution in [3.8, 4) is 0 Å². The normalized spacial score (nSPS) is 14.4. The number of aromatic amines is 1. The molecular formula is C12H19N5O3. The van der Waals surface area contributed by atoms with E-state index in [4.69, 9.17) is 0 Å². The number of hydrogen-bond acceptors (Lipinski definition) is 5. The molecule has 110 valence electrons. The number of H-pyrrole nitrogens is 1. The molecule has 0 aliphatic heterocycles. The van der Waals surface area contributed by atoms with Gasteiger partial charge < -0.3 is 15.4 Å². The molecule has 2 unspecified atom stereocenters. The van der Waals surface area contributed by atoms with Crippen LogP contribution < -0.4 is 16.6 Å². The van der Waals surface area contributed by atoms with Crippen LogP contribution in [-0.2, 0) is 14.1 Å². The number of imidazole rings is 1. The minimum absolute atomic E-state index is 0.0172. The summed E-state index contributed by atoms with van der Waals surface area (Å²) in [6.45, 7) is 3.60. The molecule has 0 saturated heterocycles. The molecule has 0 aliphatic rings. The molecule has 3 N–H and O–H groups in total. The van der Waals surface area contributed by atoms with E-state index in [9.17, 15) is 14.7 Å². The lowest BCUT2D eigenvalue weighted by molar-refractivity contribution is 0.179. The molecule has 8 nitrogen and oxygen atoms in total. The summed E-state index contributed by atoms with van der Waals surface area (Å²) in [5, 5.41) is 12.4. The third-order valence-corrected chi connectivity index (χ3v) is 3.17. The summed E-state index contributed by atoms with van der Waals surface area (Å²) in [5.74, 6) is 0.409. The highest BCUT2D eigenvalue weighted by atomic mass is 16.3. The van der Waals surface area contributed by atoms with Gasteiger partial charge in [0.1, 0.15) is 0 Å². The summed E-state index contributed by atoms with van der Waals surface area (Å²) >= 11 is 0. The number of fused-ring (bicyclic) bond motifs is 1. The first-order chi connectivity index (χ1) is 9.31. The Labute approximate surface area is 115 Å². The number of hydrogen-bond donors (Lipinski definition) is 3. The van der Waals surface area contributed by atoms with Crippen LogP contribution >= 0.6 is 0 Å². The van der Waals surface area contributed by atoms with Crippen molar-refractivity contribution in [2.45, 2.75) is 32.4 Å². The first-order valence-electron chi connectivity index (χ1n) is 6.41. The van der Waals surface area contributed by atoms with Gasteiger partial charge in [-0.15, -0.1) is 0 Å². The monoisotopic (exact) mass is 281 g/mol. The quantitative estimate of drug-likeness (QED) is 0.703. The molecule has 0 radical (unpaired) electrons. The highest BCUT2D eigenvalue weighted by Crippen LogP contribution is 2.11. The van der Waals surface area contributed by atoms with Gasteiger partial charge in [0.05, 0.1) is 6.10 Å². The van der Waals surface area contributed by atoms with E-state index in [2.05, 4.69) is 15.3 Å². The molecule has 8 heteroatoms. The molecule has 20 heavy (non-hydrogen) atoms. The lowest BCUT2D eigenvalue weighted by Gasteiger charge is -2.14. The average molecular weight is 281 g/mol. The molecule has 0 aromatic carbocycles. The maximum atomic E-state index is 12.0. The second-order valence-electron chi connectivity index (χ2n) is 5.12. The molecule has 0 saturated carbocycles. The van der Waals surface area contributed by atoms with E-state index in [1.54, 1.807) is 14.0 Å². The van der Waals surface area contributed by atoms with Crippen LogP contribution in [0.2, 0.25) is 0 Å². The zero-order valence-corrected chi connectivity index (χ0v) is 12.0. The fourth-order valence-electron chi connectivity index (χ4n) is 2.20. The number of anilines is 1. The zero-order valence-electron chi connectivity index (χ0n) is 12.0. The molecule has 2 rings (SSSR count). The van der Waals surface area contributed by atoms with Gasteiger partial charge in [0.15, 0.2) is 11.2 Å². The van der Waals surface area contributed by atoms with Gasteiger partial charge in [-0.3, -0.25) is 13.9 Å². The Kier molecular flexibility index (Phi) is 3.67. The molecule has 0 spiro atoms. The predicted octanol–water partition coefficient (Wildman–Crippen LogP) is -0.468. The number of nitrogens with zero attached hydrogens (tertiary/aromatic N) is 3. The first-order valence-corrected chi connectivity index (χ1v) is 6.41. The third-order valence-electron chi connectivity index (χ3n) is 3.17. The van der Waals surface area contributed by atoms with Gasteiger partial charge in [0, 0.05) is 20.1 Å². The van der Waals surface area contributed by atoms with Crippen molar-refractivity contribution in [1.29, 1.82) is 0 Å². The van der Waals surface area contributed by atoms with Crippen molar-refractivity contribution in [3.05, 3.63) is 20.8 Å². The van der Waals surface area contributed by atoms with E-state index >= 15 is 0 Å². The Hall–Kier alpha value is -2.09. The second-order valence-corrected chi connectivity index (χ2v) is 5.12. The summed E-state index contributed by atoms with van der Waals surface area (Å²) in [7, 11) is 2.99. The molecule has 0 fully saturated rings. The van der Waals surface area contributed by atoms with Crippen molar-refractivity contribution in [2.24, 2.45) is 14.1 Å². The summed E-state index contributed by atoms with van der Waals surface area (Å²) in [5.41, 5.74) is -0.240. The fraction of sp³-hybridized carbons (Fsp3) is 0.583. The SMILES string of the molecule is CC(O)CC(C)Nc1nc2c([nH]1)c(=O)n(C)c(=O)n2C. The minimum Gasteiger partial charge on any atom is -0.393 e. The van der Waals surface area contributed by atoms with Crippen molar-refractivity contribution in [1.82, 2.24) is 19.1 Å². The number of aliphatic hydroxyl groups is 1. The van der Waals surface area contributed by atoms with Crippen LogP contribution in [0.15, 0.2) is 9.59 Å². The zero-order chi connectivity index (χ0) is 15.0. The molecule has 0 amide bonds. The van der Waals surface area contributed by atoms with Crippen LogP contribution in [0, 0.1) is 0 Å². The van der Waals surface area contributed by atoms with E-state index in [1.807, 2.05) is 6.92 Å². The van der Waals surface area contributed by atoms with Crippen LogP contribution in [0.5, 0.6) is 0 Å². The van der Waals surface area contributed by atoms with Gasteiger partial charge in [-0.2, -0.15) is 4.98 Å². The molecule has 0 aliphatic carbocycles. The van der Waals surface area contributed by atoms with Crippen LogP contribution in [0.25, 0.3) is 11.2 Å². The summed E-state index contributed by atoms with van der Waals surface area (Å²) in [4.78, 5) is 30.9. The third kappa shape index (κ3) is 2.46. The van der Waals surface area contributed by atoms with Gasteiger partial charge >= 0.3 is 5.69 Å². The molecule has 2 heterocycles. The molecule has 2 atom stereocenters. The summed E-state index contributed by atoms with van der Waals surface area (Å²) < 4.78 is 2.35. The number of rotatable bonds is 4. The summed E-state index contributed by atoms with van der Waals surface area (Å²) in [6.07, 6.45) is 0.118. The Morgan fingerprint density at radius 3 is 2.55 bits per heavy atom. The maximum absolute atomic E-state index is 12.0.